The van der Waals surface area contributed by atoms with Gasteiger partial charge in [0.2, 0.25) is 10.0 Å². The van der Waals surface area contributed by atoms with E-state index in [9.17, 15) is 13.5 Å². The van der Waals surface area contributed by atoms with Gasteiger partial charge in [-0.05, 0) is 37.8 Å². The maximum absolute atomic E-state index is 13.0. The second-order valence-corrected chi connectivity index (χ2v) is 8.67. The second kappa shape index (κ2) is 6.54. The fourth-order valence-corrected chi connectivity index (χ4v) is 5.63. The predicted octanol–water partition coefficient (Wildman–Crippen LogP) is 2.02. The highest BCUT2D eigenvalue weighted by Gasteiger charge is 2.47. The molecular weight excluding hydrogens is 330 g/mol. The van der Waals surface area contributed by atoms with Crippen LogP contribution in [0, 0.1) is 5.41 Å². The van der Waals surface area contributed by atoms with E-state index in [1.165, 1.54) is 24.6 Å². The first-order valence-electron chi connectivity index (χ1n) is 8.33. The lowest BCUT2D eigenvalue weighted by Gasteiger charge is -2.41. The molecule has 7 heteroatoms. The summed E-state index contributed by atoms with van der Waals surface area (Å²) in [5.74, 6) is 0.893. The van der Waals surface area contributed by atoms with Crippen LogP contribution in [-0.2, 0) is 10.0 Å². The van der Waals surface area contributed by atoms with E-state index >= 15 is 0 Å². The Balaban J connectivity index is 1.90. The molecule has 24 heavy (non-hydrogen) atoms. The summed E-state index contributed by atoms with van der Waals surface area (Å²) in [6, 6.07) is 4.65. The molecule has 1 spiro atoms. The van der Waals surface area contributed by atoms with Gasteiger partial charge in [0.15, 0.2) is 11.5 Å². The average molecular weight is 355 g/mol. The zero-order valence-electron chi connectivity index (χ0n) is 14.2. The number of aliphatic hydroxyl groups is 1. The number of methoxy groups -OCH3 is 2. The number of ether oxygens (including phenoxy) is 2. The number of hydrogen-bond donors (Lipinski definition) is 1. The lowest BCUT2D eigenvalue weighted by Crippen LogP contribution is -2.49. The number of rotatable bonds is 4. The molecule has 0 radical (unpaired) electrons. The topological polar surface area (TPSA) is 76.1 Å². The summed E-state index contributed by atoms with van der Waals surface area (Å²) >= 11 is 0. The molecule has 2 atom stereocenters. The third-order valence-electron chi connectivity index (χ3n) is 5.43. The first-order valence-corrected chi connectivity index (χ1v) is 9.77. The highest BCUT2D eigenvalue weighted by molar-refractivity contribution is 7.89. The Hall–Kier alpha value is -1.31. The summed E-state index contributed by atoms with van der Waals surface area (Å²) in [6.07, 6.45) is 3.90. The highest BCUT2D eigenvalue weighted by Crippen LogP contribution is 2.46. The minimum Gasteiger partial charge on any atom is -0.493 e. The van der Waals surface area contributed by atoms with Crippen molar-refractivity contribution in [2.45, 2.75) is 43.1 Å². The van der Waals surface area contributed by atoms with Gasteiger partial charge in [-0.2, -0.15) is 4.31 Å². The number of benzene rings is 1. The van der Waals surface area contributed by atoms with Crippen molar-refractivity contribution in [2.24, 2.45) is 5.41 Å². The normalized spacial score (nSPS) is 28.2. The standard InChI is InChI=1S/C17H25NO5S/c1-22-14-7-6-13(11-15(14)23-2)24(20,21)18-10-4-9-17(12-18)8-3-5-16(17)19/h6-7,11,16,19H,3-5,8-10,12H2,1-2H3/t16?,17-/m1/s1. The lowest BCUT2D eigenvalue weighted by atomic mass is 9.77. The smallest absolute Gasteiger partial charge is 0.243 e. The van der Waals surface area contributed by atoms with Crippen LogP contribution < -0.4 is 9.47 Å². The molecule has 0 amide bonds. The van der Waals surface area contributed by atoms with Gasteiger partial charge in [0.25, 0.3) is 0 Å². The van der Waals surface area contributed by atoms with Crippen molar-refractivity contribution in [3.05, 3.63) is 18.2 Å². The molecule has 1 unspecified atom stereocenters. The Morgan fingerprint density at radius 2 is 1.88 bits per heavy atom. The van der Waals surface area contributed by atoms with E-state index in [0.29, 0.717) is 24.6 Å². The number of piperidine rings is 1. The monoisotopic (exact) mass is 355 g/mol. The quantitative estimate of drug-likeness (QED) is 0.894. The van der Waals surface area contributed by atoms with Crippen molar-refractivity contribution in [3.63, 3.8) is 0 Å². The van der Waals surface area contributed by atoms with Gasteiger partial charge >= 0.3 is 0 Å². The fourth-order valence-electron chi connectivity index (χ4n) is 4.04. The largest absolute Gasteiger partial charge is 0.493 e. The van der Waals surface area contributed by atoms with Crippen molar-refractivity contribution in [1.29, 1.82) is 0 Å². The maximum Gasteiger partial charge on any atom is 0.243 e. The summed E-state index contributed by atoms with van der Waals surface area (Å²) in [5.41, 5.74) is -0.276. The summed E-state index contributed by atoms with van der Waals surface area (Å²) in [4.78, 5) is 0.199. The molecule has 1 aliphatic heterocycles. The molecule has 1 aliphatic carbocycles. The Morgan fingerprint density at radius 1 is 1.17 bits per heavy atom. The molecular formula is C17H25NO5S. The fraction of sp³-hybridized carbons (Fsp3) is 0.647. The van der Waals surface area contributed by atoms with Crippen molar-refractivity contribution < 1.29 is 23.0 Å². The first kappa shape index (κ1) is 17.5. The average Bonchev–Trinajstić information content (AvgIpc) is 2.94. The molecule has 3 rings (SSSR count). The molecule has 0 aromatic heterocycles. The van der Waals surface area contributed by atoms with Gasteiger partial charge in [-0.15, -0.1) is 0 Å². The van der Waals surface area contributed by atoms with E-state index < -0.39 is 16.1 Å². The minimum absolute atomic E-state index is 0.199. The van der Waals surface area contributed by atoms with Gasteiger partial charge in [-0.1, -0.05) is 6.42 Å². The van der Waals surface area contributed by atoms with Crippen molar-refractivity contribution in [2.75, 3.05) is 27.3 Å². The SMILES string of the molecule is COc1ccc(S(=O)(=O)N2CCC[C@]3(CCCC3O)C2)cc1OC. The Morgan fingerprint density at radius 3 is 2.50 bits per heavy atom. The number of nitrogens with zero attached hydrogens (tertiary/aromatic N) is 1. The number of sulfonamides is 1. The van der Waals surface area contributed by atoms with Crippen LogP contribution in [0.25, 0.3) is 0 Å². The van der Waals surface area contributed by atoms with Gasteiger partial charge in [0.05, 0.1) is 25.2 Å². The van der Waals surface area contributed by atoms with Crippen molar-refractivity contribution in [3.8, 4) is 11.5 Å². The van der Waals surface area contributed by atoms with Crippen LogP contribution in [0.4, 0.5) is 0 Å². The van der Waals surface area contributed by atoms with Gasteiger partial charge < -0.3 is 14.6 Å². The zero-order chi connectivity index (χ0) is 17.4. The van der Waals surface area contributed by atoms with E-state index in [2.05, 4.69) is 0 Å². The van der Waals surface area contributed by atoms with Crippen LogP contribution in [-0.4, -0.2) is 51.2 Å². The Kier molecular flexibility index (Phi) is 4.77. The van der Waals surface area contributed by atoms with E-state index in [4.69, 9.17) is 9.47 Å². The number of aliphatic hydroxyl groups excluding tert-OH is 1. The van der Waals surface area contributed by atoms with E-state index in [1.807, 2.05) is 0 Å². The van der Waals surface area contributed by atoms with Crippen LogP contribution in [0.3, 0.4) is 0 Å². The van der Waals surface area contributed by atoms with E-state index in [0.717, 1.165) is 32.1 Å². The molecule has 1 aromatic rings. The lowest BCUT2D eigenvalue weighted by molar-refractivity contribution is 0.0127. The van der Waals surface area contributed by atoms with Gasteiger partial charge in [0, 0.05) is 24.6 Å². The second-order valence-electron chi connectivity index (χ2n) is 6.73. The van der Waals surface area contributed by atoms with Crippen LogP contribution in [0.1, 0.15) is 32.1 Å². The maximum atomic E-state index is 13.0. The van der Waals surface area contributed by atoms with Gasteiger partial charge in [-0.3, -0.25) is 0 Å². The summed E-state index contributed by atoms with van der Waals surface area (Å²) < 4.78 is 38.0. The summed E-state index contributed by atoms with van der Waals surface area (Å²) in [7, 11) is -0.619. The third kappa shape index (κ3) is 2.89. The summed E-state index contributed by atoms with van der Waals surface area (Å²) in [5, 5.41) is 10.4. The van der Waals surface area contributed by atoms with Crippen LogP contribution in [0.5, 0.6) is 11.5 Å². The van der Waals surface area contributed by atoms with Crippen LogP contribution in [0.15, 0.2) is 23.1 Å². The molecule has 0 bridgehead atoms. The molecule has 1 heterocycles. The zero-order valence-corrected chi connectivity index (χ0v) is 15.0. The Labute approximate surface area is 143 Å². The molecule has 1 saturated carbocycles. The van der Waals surface area contributed by atoms with Crippen molar-refractivity contribution in [1.82, 2.24) is 4.31 Å². The molecule has 6 nitrogen and oxygen atoms in total. The number of hydrogen-bond acceptors (Lipinski definition) is 5. The van der Waals surface area contributed by atoms with E-state index in [-0.39, 0.29) is 10.3 Å². The molecule has 2 aliphatic rings. The molecule has 134 valence electrons. The van der Waals surface area contributed by atoms with E-state index in [1.54, 1.807) is 12.1 Å². The van der Waals surface area contributed by atoms with Crippen LogP contribution >= 0.6 is 0 Å². The minimum atomic E-state index is -3.62. The van der Waals surface area contributed by atoms with Gasteiger partial charge in [0.1, 0.15) is 0 Å². The third-order valence-corrected chi connectivity index (χ3v) is 7.27. The highest BCUT2D eigenvalue weighted by atomic mass is 32.2. The Bertz CT molecular complexity index is 705. The molecule has 2 fully saturated rings. The predicted molar refractivity (Wildman–Crippen MR) is 89.8 cm³/mol. The molecule has 1 N–H and O–H groups in total. The molecule has 1 aromatic carbocycles. The van der Waals surface area contributed by atoms with Crippen molar-refractivity contribution >= 4 is 10.0 Å². The summed E-state index contributed by atoms with van der Waals surface area (Å²) in [6.45, 7) is 0.885. The van der Waals surface area contributed by atoms with Crippen LogP contribution in [0.2, 0.25) is 0 Å². The first-order chi connectivity index (χ1) is 11.4. The van der Waals surface area contributed by atoms with Gasteiger partial charge in [-0.25, -0.2) is 8.42 Å². The molecule has 1 saturated heterocycles.